The first-order valence-electron chi connectivity index (χ1n) is 5.09. The van der Waals surface area contributed by atoms with Crippen LogP contribution in [0.4, 0.5) is 17.6 Å². The molecular formula is C10H17F4NO2. The molecule has 1 unspecified atom stereocenters. The van der Waals surface area contributed by atoms with Gasteiger partial charge in [0.1, 0.15) is 0 Å². The molecular weight excluding hydrogens is 242 g/mol. The van der Waals surface area contributed by atoms with E-state index in [1.165, 1.54) is 0 Å². The second-order valence-corrected chi connectivity index (χ2v) is 5.05. The Morgan fingerprint density at radius 1 is 1.29 bits per heavy atom. The van der Waals surface area contributed by atoms with E-state index in [2.05, 4.69) is 0 Å². The summed E-state index contributed by atoms with van der Waals surface area (Å²) >= 11 is 0. The molecule has 1 atom stereocenters. The van der Waals surface area contributed by atoms with Crippen molar-refractivity contribution in [2.45, 2.75) is 45.6 Å². The minimum absolute atomic E-state index is 0.255. The predicted molar refractivity (Wildman–Crippen MR) is 54.0 cm³/mol. The number of aliphatic hydroxyl groups is 1. The van der Waals surface area contributed by atoms with Crippen molar-refractivity contribution in [2.75, 3.05) is 6.54 Å². The van der Waals surface area contributed by atoms with Gasteiger partial charge in [0.2, 0.25) is 0 Å². The van der Waals surface area contributed by atoms with Crippen molar-refractivity contribution in [1.82, 2.24) is 5.32 Å². The largest absolute Gasteiger partial charge is 0.391 e. The number of aliphatic hydroxyl groups excluding tert-OH is 1. The fourth-order valence-corrected chi connectivity index (χ4v) is 1.21. The third-order valence-corrected chi connectivity index (χ3v) is 1.92. The van der Waals surface area contributed by atoms with Crippen LogP contribution in [0, 0.1) is 5.41 Å². The van der Waals surface area contributed by atoms with Gasteiger partial charge in [-0.15, -0.1) is 0 Å². The van der Waals surface area contributed by atoms with Gasteiger partial charge < -0.3 is 10.4 Å². The van der Waals surface area contributed by atoms with E-state index in [0.717, 1.165) is 0 Å². The summed E-state index contributed by atoms with van der Waals surface area (Å²) in [6.07, 6.45) is -4.84. The minimum Gasteiger partial charge on any atom is -0.391 e. The van der Waals surface area contributed by atoms with Crippen molar-refractivity contribution >= 4 is 5.91 Å². The van der Waals surface area contributed by atoms with Gasteiger partial charge in [-0.05, 0) is 11.8 Å². The molecule has 3 nitrogen and oxygen atoms in total. The van der Waals surface area contributed by atoms with E-state index in [0.29, 0.717) is 0 Å². The van der Waals surface area contributed by atoms with Crippen LogP contribution in [0.15, 0.2) is 0 Å². The zero-order chi connectivity index (χ0) is 13.9. The lowest BCUT2D eigenvalue weighted by Gasteiger charge is -2.23. The van der Waals surface area contributed by atoms with Gasteiger partial charge in [-0.3, -0.25) is 4.79 Å². The molecule has 0 spiro atoms. The second kappa shape index (κ2) is 5.66. The molecule has 7 heteroatoms. The van der Waals surface area contributed by atoms with Crippen LogP contribution in [0.1, 0.15) is 27.2 Å². The highest BCUT2D eigenvalue weighted by molar-refractivity contribution is 5.83. The van der Waals surface area contributed by atoms with Crippen LogP contribution in [0.25, 0.3) is 0 Å². The Labute approximate surface area is 97.2 Å². The van der Waals surface area contributed by atoms with E-state index in [9.17, 15) is 27.5 Å². The van der Waals surface area contributed by atoms with Crippen molar-refractivity contribution in [1.29, 1.82) is 0 Å². The first kappa shape index (κ1) is 16.1. The first-order chi connectivity index (χ1) is 7.47. The first-order valence-corrected chi connectivity index (χ1v) is 5.09. The van der Waals surface area contributed by atoms with Gasteiger partial charge in [0, 0.05) is 6.54 Å². The van der Waals surface area contributed by atoms with Crippen LogP contribution in [0.5, 0.6) is 0 Å². The Hall–Kier alpha value is -0.850. The highest BCUT2D eigenvalue weighted by Crippen LogP contribution is 2.23. The van der Waals surface area contributed by atoms with Crippen LogP contribution in [-0.2, 0) is 4.79 Å². The van der Waals surface area contributed by atoms with Gasteiger partial charge in [-0.25, -0.2) is 8.78 Å². The number of nitrogens with one attached hydrogen (secondary N) is 1. The van der Waals surface area contributed by atoms with Crippen molar-refractivity contribution < 1.29 is 27.5 Å². The Morgan fingerprint density at radius 3 is 2.12 bits per heavy atom. The summed E-state index contributed by atoms with van der Waals surface area (Å²) in [5, 5.41) is 11.0. The molecule has 0 bridgehead atoms. The maximum absolute atomic E-state index is 12.5. The van der Waals surface area contributed by atoms with Crippen LogP contribution in [-0.4, -0.2) is 36.0 Å². The van der Waals surface area contributed by atoms with Gasteiger partial charge in [-0.2, -0.15) is 8.78 Å². The zero-order valence-electron chi connectivity index (χ0n) is 9.94. The van der Waals surface area contributed by atoms with Crippen LogP contribution in [0.2, 0.25) is 0 Å². The lowest BCUT2D eigenvalue weighted by molar-refractivity contribution is -0.169. The molecule has 0 aromatic rings. The number of rotatable bonds is 5. The second-order valence-electron chi connectivity index (χ2n) is 5.05. The molecule has 0 aromatic carbocycles. The fourth-order valence-electron chi connectivity index (χ4n) is 1.21. The number of carbonyl (C=O) groups is 1. The molecule has 102 valence electrons. The molecule has 0 radical (unpaired) electrons. The van der Waals surface area contributed by atoms with E-state index >= 15 is 0 Å². The highest BCUT2D eigenvalue weighted by atomic mass is 19.3. The SMILES string of the molecule is CC(C)(C)CC(O)CNC(=O)C(F)(F)C(F)F. The third kappa shape index (κ3) is 5.86. The molecule has 2 N–H and O–H groups in total. The summed E-state index contributed by atoms with van der Waals surface area (Å²) < 4.78 is 48.5. The monoisotopic (exact) mass is 259 g/mol. The molecule has 0 aliphatic rings. The summed E-state index contributed by atoms with van der Waals surface area (Å²) in [7, 11) is 0. The lowest BCUT2D eigenvalue weighted by Crippen LogP contribution is -2.47. The number of halogens is 4. The molecule has 0 saturated carbocycles. The Morgan fingerprint density at radius 2 is 1.76 bits per heavy atom. The zero-order valence-corrected chi connectivity index (χ0v) is 9.94. The average molecular weight is 259 g/mol. The van der Waals surface area contributed by atoms with Crippen molar-refractivity contribution in [3.05, 3.63) is 0 Å². The summed E-state index contributed by atoms with van der Waals surface area (Å²) in [5.74, 6) is -6.79. The van der Waals surface area contributed by atoms with Gasteiger partial charge in [0.15, 0.2) is 0 Å². The van der Waals surface area contributed by atoms with Gasteiger partial charge in [0.25, 0.3) is 5.91 Å². The quantitative estimate of drug-likeness (QED) is 0.740. The molecule has 0 aliphatic carbocycles. The Kier molecular flexibility index (Phi) is 5.38. The Bertz CT molecular complexity index is 264. The molecule has 0 aliphatic heterocycles. The summed E-state index contributed by atoms with van der Waals surface area (Å²) in [4.78, 5) is 10.7. The molecule has 0 saturated heterocycles. The van der Waals surface area contributed by atoms with E-state index in [-0.39, 0.29) is 11.8 Å². The third-order valence-electron chi connectivity index (χ3n) is 1.92. The topological polar surface area (TPSA) is 49.3 Å². The predicted octanol–water partition coefficient (Wildman–Crippen LogP) is 1.80. The van der Waals surface area contributed by atoms with Gasteiger partial charge in [-0.1, -0.05) is 20.8 Å². The maximum Gasteiger partial charge on any atom is 0.383 e. The van der Waals surface area contributed by atoms with Crippen LogP contribution < -0.4 is 5.32 Å². The normalized spacial score (nSPS) is 14.9. The van der Waals surface area contributed by atoms with E-state index in [1.54, 1.807) is 5.32 Å². The van der Waals surface area contributed by atoms with Crippen molar-refractivity contribution in [2.24, 2.45) is 5.41 Å². The fraction of sp³-hybridized carbons (Fsp3) is 0.900. The molecule has 1 amide bonds. The summed E-state index contributed by atoms with van der Waals surface area (Å²) in [6, 6.07) is 0. The van der Waals surface area contributed by atoms with E-state index in [4.69, 9.17) is 0 Å². The molecule has 0 rings (SSSR count). The van der Waals surface area contributed by atoms with Gasteiger partial charge in [0.05, 0.1) is 6.10 Å². The number of hydrogen-bond donors (Lipinski definition) is 2. The molecule has 0 aromatic heterocycles. The summed E-state index contributed by atoms with van der Waals surface area (Å²) in [5.41, 5.74) is -0.255. The number of alkyl halides is 4. The number of hydrogen-bond acceptors (Lipinski definition) is 2. The maximum atomic E-state index is 12.5. The molecule has 0 fully saturated rings. The number of amides is 1. The number of carbonyl (C=O) groups excluding carboxylic acids is 1. The van der Waals surface area contributed by atoms with Crippen molar-refractivity contribution in [3.8, 4) is 0 Å². The van der Waals surface area contributed by atoms with Crippen molar-refractivity contribution in [3.63, 3.8) is 0 Å². The Balaban J connectivity index is 4.17. The van der Waals surface area contributed by atoms with E-state index < -0.39 is 30.9 Å². The van der Waals surface area contributed by atoms with Crippen LogP contribution in [0.3, 0.4) is 0 Å². The summed E-state index contributed by atoms with van der Waals surface area (Å²) in [6.45, 7) is 4.96. The lowest BCUT2D eigenvalue weighted by atomic mass is 9.89. The molecule has 17 heavy (non-hydrogen) atoms. The van der Waals surface area contributed by atoms with Gasteiger partial charge >= 0.3 is 12.3 Å². The average Bonchev–Trinajstić information content (AvgIpc) is 2.10. The smallest absolute Gasteiger partial charge is 0.383 e. The minimum atomic E-state index is -4.72. The van der Waals surface area contributed by atoms with Crippen LogP contribution >= 0.6 is 0 Å². The molecule has 0 heterocycles. The standard InChI is InChI=1S/C10H17F4NO2/c1-9(2,3)4-6(16)5-15-8(17)10(13,14)7(11)12/h6-7,16H,4-5H2,1-3H3,(H,15,17). The highest BCUT2D eigenvalue weighted by Gasteiger charge is 2.48. The van der Waals surface area contributed by atoms with E-state index in [1.807, 2.05) is 20.8 Å².